The molecule has 1 spiro atoms. The maximum Gasteiger partial charge on any atom is 0.244 e. The van der Waals surface area contributed by atoms with Crippen molar-refractivity contribution in [2.24, 2.45) is 0 Å². The highest BCUT2D eigenvalue weighted by Gasteiger charge is 2.60. The molecule has 0 aromatic heterocycles. The molecule has 4 rings (SSSR count). The van der Waals surface area contributed by atoms with Crippen LogP contribution in [0.25, 0.3) is 0 Å². The number of benzene rings is 2. The Balaban J connectivity index is 0.00000169. The van der Waals surface area contributed by atoms with Gasteiger partial charge in [-0.05, 0) is 35.9 Å². The van der Waals surface area contributed by atoms with Gasteiger partial charge in [-0.15, -0.1) is 0 Å². The summed E-state index contributed by atoms with van der Waals surface area (Å²) in [4.78, 5) is 15.0. The topological polar surface area (TPSA) is 46.1 Å². The molecule has 2 heterocycles. The lowest BCUT2D eigenvalue weighted by atomic mass is 9.73. The summed E-state index contributed by atoms with van der Waals surface area (Å²) in [5.74, 6) is 1.06. The fraction of sp³-hybridized carbons (Fsp3) is 0.316. The molecule has 1 saturated heterocycles. The molecule has 24 heavy (non-hydrogen) atoms. The number of para-hydroxylation sites is 1. The molecule has 2 aromatic rings. The third-order valence-corrected chi connectivity index (χ3v) is 5.38. The molecular weight excluding hydrogens is 324 g/mol. The molecule has 2 N–H and O–H groups in total. The van der Waals surface area contributed by atoms with Crippen molar-refractivity contribution in [1.82, 2.24) is 0 Å². The number of ether oxygens (including phenoxy) is 1. The van der Waals surface area contributed by atoms with Crippen LogP contribution in [0.4, 0.5) is 5.69 Å². The van der Waals surface area contributed by atoms with Crippen LogP contribution >= 0.6 is 0 Å². The van der Waals surface area contributed by atoms with Crippen LogP contribution < -0.4 is 27.4 Å². The van der Waals surface area contributed by atoms with Crippen LogP contribution in [0, 0.1) is 0 Å². The second-order valence-electron chi connectivity index (χ2n) is 6.38. The molecule has 2 aromatic carbocycles. The second-order valence-corrected chi connectivity index (χ2v) is 6.38. The van der Waals surface area contributed by atoms with Gasteiger partial charge in [-0.3, -0.25) is 4.79 Å². The van der Waals surface area contributed by atoms with Crippen molar-refractivity contribution in [2.75, 3.05) is 25.6 Å². The zero-order valence-electron chi connectivity index (χ0n) is 13.8. The lowest BCUT2D eigenvalue weighted by Crippen LogP contribution is -3.00. The Labute approximate surface area is 148 Å². The third kappa shape index (κ3) is 2.14. The van der Waals surface area contributed by atoms with Gasteiger partial charge in [0, 0.05) is 24.7 Å². The number of fused-ring (bicyclic) bond motifs is 2. The summed E-state index contributed by atoms with van der Waals surface area (Å²) in [5, 5.41) is 2.30. The van der Waals surface area contributed by atoms with Gasteiger partial charge in [0.2, 0.25) is 5.91 Å². The number of carbonyl (C=O) groups excluding carboxylic acids is 1. The molecule has 2 unspecified atom stereocenters. The number of nitrogens with two attached hydrogens (primary N) is 1. The lowest BCUT2D eigenvalue weighted by molar-refractivity contribution is -0.679. The zero-order chi connectivity index (χ0) is 16.0. The van der Waals surface area contributed by atoms with Gasteiger partial charge in [0.15, 0.2) is 0 Å². The summed E-state index contributed by atoms with van der Waals surface area (Å²) < 4.78 is 5.26. The largest absolute Gasteiger partial charge is 1.00 e. The Morgan fingerprint density at radius 2 is 1.88 bits per heavy atom. The molecule has 4 nitrogen and oxygen atoms in total. The van der Waals surface area contributed by atoms with Gasteiger partial charge in [-0.25, -0.2) is 0 Å². The number of hydrogen-bond donors (Lipinski definition) is 1. The number of halogens is 1. The standard InChI is InChI=1S/C19H20N2O2.ClH/c1-21-16-6-4-3-5-15(16)19(18(21)22)11-12-20-17(19)13-7-9-14(23-2)10-8-13;/h3-10,17,20H,11-12H2,1-2H3;1H. The highest BCUT2D eigenvalue weighted by atomic mass is 35.5. The minimum atomic E-state index is -0.445. The van der Waals surface area contributed by atoms with Gasteiger partial charge in [0.1, 0.15) is 17.2 Å². The first-order valence-corrected chi connectivity index (χ1v) is 8.03. The summed E-state index contributed by atoms with van der Waals surface area (Å²) in [7, 11) is 3.56. The van der Waals surface area contributed by atoms with Crippen molar-refractivity contribution < 1.29 is 27.3 Å². The average Bonchev–Trinajstić information content (AvgIpc) is 3.13. The predicted molar refractivity (Wildman–Crippen MR) is 88.7 cm³/mol. The van der Waals surface area contributed by atoms with Crippen molar-refractivity contribution in [3.63, 3.8) is 0 Å². The molecule has 0 saturated carbocycles. The van der Waals surface area contributed by atoms with Gasteiger partial charge in [-0.2, -0.15) is 0 Å². The number of nitrogens with zero attached hydrogens (tertiary/aromatic N) is 1. The third-order valence-electron chi connectivity index (χ3n) is 5.38. The van der Waals surface area contributed by atoms with E-state index in [1.54, 1.807) is 7.11 Å². The van der Waals surface area contributed by atoms with Crippen molar-refractivity contribution in [2.45, 2.75) is 17.9 Å². The number of amides is 1. The van der Waals surface area contributed by atoms with Crippen molar-refractivity contribution >= 4 is 11.6 Å². The molecule has 0 radical (unpaired) electrons. The number of rotatable bonds is 2. The summed E-state index contributed by atoms with van der Waals surface area (Å²) in [6, 6.07) is 16.4. The first-order chi connectivity index (χ1) is 11.2. The molecule has 2 aliphatic rings. The number of methoxy groups -OCH3 is 1. The van der Waals surface area contributed by atoms with Crippen molar-refractivity contribution in [1.29, 1.82) is 0 Å². The van der Waals surface area contributed by atoms with Gasteiger partial charge in [0.25, 0.3) is 0 Å². The first-order valence-electron chi connectivity index (χ1n) is 8.03. The Bertz CT molecular complexity index is 762. The number of quaternary nitrogens is 1. The Morgan fingerprint density at radius 3 is 2.58 bits per heavy atom. The van der Waals surface area contributed by atoms with Gasteiger partial charge in [0.05, 0.1) is 13.7 Å². The number of carbonyl (C=O) groups is 1. The van der Waals surface area contributed by atoms with Gasteiger partial charge < -0.3 is 27.4 Å². The van der Waals surface area contributed by atoms with Gasteiger partial charge in [-0.1, -0.05) is 18.2 Å². The van der Waals surface area contributed by atoms with E-state index in [2.05, 4.69) is 23.5 Å². The van der Waals surface area contributed by atoms with Crippen molar-refractivity contribution in [3.8, 4) is 5.75 Å². The number of anilines is 1. The molecule has 1 amide bonds. The van der Waals surface area contributed by atoms with Gasteiger partial charge >= 0.3 is 0 Å². The molecule has 0 bridgehead atoms. The van der Waals surface area contributed by atoms with E-state index in [0.717, 1.165) is 24.4 Å². The van der Waals surface area contributed by atoms with Crippen LogP contribution in [0.1, 0.15) is 23.6 Å². The van der Waals surface area contributed by atoms with Crippen LogP contribution in [0.3, 0.4) is 0 Å². The average molecular weight is 345 g/mol. The fourth-order valence-corrected chi connectivity index (χ4v) is 4.28. The highest BCUT2D eigenvalue weighted by molar-refractivity contribution is 6.08. The molecule has 0 aliphatic carbocycles. The van der Waals surface area contributed by atoms with E-state index in [0.29, 0.717) is 0 Å². The minimum Gasteiger partial charge on any atom is -1.00 e. The fourth-order valence-electron chi connectivity index (χ4n) is 4.28. The summed E-state index contributed by atoms with van der Waals surface area (Å²) in [6.45, 7) is 0.963. The minimum absolute atomic E-state index is 0. The van der Waals surface area contributed by atoms with E-state index >= 15 is 0 Å². The molecule has 126 valence electrons. The maximum absolute atomic E-state index is 13.2. The van der Waals surface area contributed by atoms with Crippen molar-refractivity contribution in [3.05, 3.63) is 59.7 Å². The smallest absolute Gasteiger partial charge is 0.244 e. The number of likely N-dealkylation sites (N-methyl/N-ethyl adjacent to an activating group) is 1. The van der Waals surface area contributed by atoms with E-state index < -0.39 is 5.41 Å². The molecule has 1 fully saturated rings. The van der Waals surface area contributed by atoms with Crippen LogP contribution in [0.2, 0.25) is 0 Å². The SMILES string of the molecule is COc1ccc(C2[NH2+]CCC23C(=O)N(C)c2ccccc23)cc1.[Cl-]. The van der Waals surface area contributed by atoms with E-state index in [1.807, 2.05) is 42.3 Å². The van der Waals surface area contributed by atoms with Crippen LogP contribution in [-0.2, 0) is 10.2 Å². The Kier molecular flexibility index (Phi) is 4.28. The normalized spacial score (nSPS) is 24.8. The number of hydrogen-bond acceptors (Lipinski definition) is 2. The molecule has 5 heteroatoms. The molecule has 2 aliphatic heterocycles. The summed E-state index contributed by atoms with van der Waals surface area (Å²) >= 11 is 0. The second kappa shape index (κ2) is 6.11. The Hall–Kier alpha value is -2.04. The highest BCUT2D eigenvalue weighted by Crippen LogP contribution is 2.50. The predicted octanol–water partition coefficient (Wildman–Crippen LogP) is -1.38. The molecular formula is C19H21ClN2O2. The molecule has 2 atom stereocenters. The van der Waals surface area contributed by atoms with E-state index in [4.69, 9.17) is 4.74 Å². The maximum atomic E-state index is 13.2. The summed E-state index contributed by atoms with van der Waals surface area (Å²) in [6.07, 6.45) is 0.879. The van der Waals surface area contributed by atoms with E-state index in [1.165, 1.54) is 11.1 Å². The monoisotopic (exact) mass is 344 g/mol. The first kappa shape index (κ1) is 16.8. The van der Waals surface area contributed by atoms with E-state index in [9.17, 15) is 4.79 Å². The quantitative estimate of drug-likeness (QED) is 0.730. The van der Waals surface area contributed by atoms with Crippen LogP contribution in [0.15, 0.2) is 48.5 Å². The van der Waals surface area contributed by atoms with Crippen LogP contribution in [0.5, 0.6) is 5.75 Å². The van der Waals surface area contributed by atoms with E-state index in [-0.39, 0.29) is 24.4 Å². The zero-order valence-corrected chi connectivity index (χ0v) is 14.6. The lowest BCUT2D eigenvalue weighted by Gasteiger charge is -2.27. The Morgan fingerprint density at radius 1 is 1.17 bits per heavy atom. The summed E-state index contributed by atoms with van der Waals surface area (Å²) in [5.41, 5.74) is 2.95. The van der Waals surface area contributed by atoms with Crippen LogP contribution in [-0.4, -0.2) is 26.6 Å².